The Morgan fingerprint density at radius 3 is 2.29 bits per heavy atom. The third-order valence-electron chi connectivity index (χ3n) is 8.02. The van der Waals surface area contributed by atoms with E-state index in [9.17, 15) is 18.0 Å². The molecule has 0 aromatic heterocycles. The zero-order valence-electron chi connectivity index (χ0n) is 25.1. The molecule has 3 aromatic rings. The van der Waals surface area contributed by atoms with E-state index < -0.39 is 28.5 Å². The van der Waals surface area contributed by atoms with Gasteiger partial charge in [0.15, 0.2) is 0 Å². The summed E-state index contributed by atoms with van der Waals surface area (Å²) in [5.74, 6) is -0.111. The van der Waals surface area contributed by atoms with Gasteiger partial charge in [-0.2, -0.15) is 0 Å². The number of hydrogen-bond donors (Lipinski definition) is 1. The molecule has 1 atom stereocenters. The molecule has 1 aliphatic rings. The molecule has 0 unspecified atom stereocenters. The van der Waals surface area contributed by atoms with Gasteiger partial charge in [0.1, 0.15) is 18.3 Å². The van der Waals surface area contributed by atoms with E-state index in [2.05, 4.69) is 5.32 Å². The second-order valence-electron chi connectivity index (χ2n) is 11.1. The summed E-state index contributed by atoms with van der Waals surface area (Å²) in [5.41, 5.74) is 3.99. The summed E-state index contributed by atoms with van der Waals surface area (Å²) >= 11 is 0. The van der Waals surface area contributed by atoms with E-state index in [0.29, 0.717) is 11.4 Å². The number of hydrogen-bond acceptors (Lipinski definition) is 5. The predicted octanol–water partition coefficient (Wildman–Crippen LogP) is 5.29. The number of carbonyl (C=O) groups excluding carboxylic acids is 2. The van der Waals surface area contributed by atoms with Crippen molar-refractivity contribution >= 4 is 27.5 Å². The Morgan fingerprint density at radius 2 is 1.64 bits per heavy atom. The van der Waals surface area contributed by atoms with Gasteiger partial charge in [-0.1, -0.05) is 48.7 Å². The van der Waals surface area contributed by atoms with Gasteiger partial charge < -0.3 is 15.0 Å². The number of sulfonamides is 1. The van der Waals surface area contributed by atoms with Crippen molar-refractivity contribution in [1.82, 2.24) is 10.2 Å². The van der Waals surface area contributed by atoms with Crippen molar-refractivity contribution in [2.24, 2.45) is 0 Å². The van der Waals surface area contributed by atoms with Crippen LogP contribution >= 0.6 is 0 Å². The molecule has 0 aliphatic heterocycles. The number of benzene rings is 3. The number of carbonyl (C=O) groups is 2. The molecule has 1 aliphatic carbocycles. The zero-order valence-corrected chi connectivity index (χ0v) is 25.9. The maximum Gasteiger partial charge on any atom is 0.264 e. The number of aryl methyl sites for hydroxylation is 3. The highest BCUT2D eigenvalue weighted by molar-refractivity contribution is 7.92. The molecule has 0 radical (unpaired) electrons. The highest BCUT2D eigenvalue weighted by Crippen LogP contribution is 2.27. The normalized spacial score (nSPS) is 14.3. The Bertz CT molecular complexity index is 1510. The molecular formula is C33H41N3O5S. The van der Waals surface area contributed by atoms with E-state index in [1.807, 2.05) is 51.1 Å². The maximum absolute atomic E-state index is 14.2. The fraction of sp³-hybridized carbons (Fsp3) is 0.394. The maximum atomic E-state index is 14.2. The van der Waals surface area contributed by atoms with Crippen LogP contribution in [-0.2, 0) is 26.2 Å². The van der Waals surface area contributed by atoms with Crippen LogP contribution in [-0.4, -0.2) is 50.9 Å². The molecule has 2 amide bonds. The smallest absolute Gasteiger partial charge is 0.264 e. The Balaban J connectivity index is 1.71. The van der Waals surface area contributed by atoms with Gasteiger partial charge in [0.2, 0.25) is 11.8 Å². The van der Waals surface area contributed by atoms with Gasteiger partial charge in [-0.3, -0.25) is 13.9 Å². The van der Waals surface area contributed by atoms with Crippen molar-refractivity contribution in [2.75, 3.05) is 18.0 Å². The number of rotatable bonds is 11. The molecule has 8 nitrogen and oxygen atoms in total. The fourth-order valence-electron chi connectivity index (χ4n) is 5.19. The van der Waals surface area contributed by atoms with E-state index in [-0.39, 0.29) is 23.4 Å². The summed E-state index contributed by atoms with van der Waals surface area (Å²) in [6, 6.07) is 18.5. The van der Waals surface area contributed by atoms with Crippen molar-refractivity contribution in [3.8, 4) is 5.75 Å². The van der Waals surface area contributed by atoms with Gasteiger partial charge in [-0.15, -0.1) is 0 Å². The van der Waals surface area contributed by atoms with Crippen LogP contribution in [0.25, 0.3) is 0 Å². The lowest BCUT2D eigenvalue weighted by atomic mass is 10.1. The molecule has 3 aromatic carbocycles. The number of nitrogens with zero attached hydrogens (tertiary/aromatic N) is 2. The molecule has 0 heterocycles. The van der Waals surface area contributed by atoms with Crippen LogP contribution in [0.4, 0.5) is 5.69 Å². The monoisotopic (exact) mass is 591 g/mol. The Labute approximate surface area is 249 Å². The van der Waals surface area contributed by atoms with Crippen LogP contribution in [0, 0.1) is 20.8 Å². The molecule has 0 spiro atoms. The van der Waals surface area contributed by atoms with E-state index >= 15 is 0 Å². The van der Waals surface area contributed by atoms with Crippen molar-refractivity contribution in [1.29, 1.82) is 0 Å². The van der Waals surface area contributed by atoms with Crippen molar-refractivity contribution in [3.05, 3.63) is 89.0 Å². The minimum atomic E-state index is -4.11. The first-order chi connectivity index (χ1) is 20.0. The highest BCUT2D eigenvalue weighted by Gasteiger charge is 2.33. The van der Waals surface area contributed by atoms with Crippen LogP contribution < -0.4 is 14.4 Å². The molecule has 9 heteroatoms. The van der Waals surface area contributed by atoms with Crippen LogP contribution in [0.3, 0.4) is 0 Å². The molecule has 0 saturated heterocycles. The molecule has 4 rings (SSSR count). The summed E-state index contributed by atoms with van der Waals surface area (Å²) in [6.07, 6.45) is 3.95. The Kier molecular flexibility index (Phi) is 9.93. The van der Waals surface area contributed by atoms with Crippen LogP contribution in [0.2, 0.25) is 0 Å². The Hall–Kier alpha value is -3.85. The highest BCUT2D eigenvalue weighted by atomic mass is 32.2. The van der Waals surface area contributed by atoms with E-state index in [1.54, 1.807) is 50.4 Å². The topological polar surface area (TPSA) is 96.0 Å². The quantitative estimate of drug-likeness (QED) is 0.327. The summed E-state index contributed by atoms with van der Waals surface area (Å²) in [5, 5.41) is 3.09. The minimum Gasteiger partial charge on any atom is -0.497 e. The summed E-state index contributed by atoms with van der Waals surface area (Å²) in [4.78, 5) is 29.1. The van der Waals surface area contributed by atoms with Crippen LogP contribution in [0.15, 0.2) is 71.6 Å². The predicted molar refractivity (Wildman–Crippen MR) is 165 cm³/mol. The minimum absolute atomic E-state index is 0.0858. The van der Waals surface area contributed by atoms with Crippen LogP contribution in [0.1, 0.15) is 54.9 Å². The first-order valence-corrected chi connectivity index (χ1v) is 15.8. The number of methoxy groups -OCH3 is 1. The first kappa shape index (κ1) is 31.1. The third-order valence-corrected chi connectivity index (χ3v) is 9.81. The third kappa shape index (κ3) is 7.31. The largest absolute Gasteiger partial charge is 0.497 e. The molecule has 1 fully saturated rings. The van der Waals surface area contributed by atoms with E-state index in [0.717, 1.165) is 52.2 Å². The number of ether oxygens (including phenoxy) is 1. The lowest BCUT2D eigenvalue weighted by Crippen LogP contribution is -2.52. The molecular weight excluding hydrogens is 550 g/mol. The molecule has 1 N–H and O–H groups in total. The lowest BCUT2D eigenvalue weighted by molar-refractivity contribution is -0.139. The van der Waals surface area contributed by atoms with Crippen LogP contribution in [0.5, 0.6) is 5.75 Å². The van der Waals surface area contributed by atoms with Gasteiger partial charge in [0, 0.05) is 12.6 Å². The fourth-order valence-corrected chi connectivity index (χ4v) is 6.60. The molecule has 224 valence electrons. The lowest BCUT2D eigenvalue weighted by Gasteiger charge is -2.32. The number of amides is 2. The van der Waals surface area contributed by atoms with Crippen molar-refractivity contribution in [3.63, 3.8) is 0 Å². The molecule has 1 saturated carbocycles. The van der Waals surface area contributed by atoms with Gasteiger partial charge in [-0.25, -0.2) is 8.42 Å². The van der Waals surface area contributed by atoms with E-state index in [1.165, 1.54) is 4.90 Å². The average molecular weight is 592 g/mol. The summed E-state index contributed by atoms with van der Waals surface area (Å²) in [6.45, 7) is 7.07. The van der Waals surface area contributed by atoms with Crippen molar-refractivity contribution in [2.45, 2.75) is 76.9 Å². The number of anilines is 1. The van der Waals surface area contributed by atoms with Gasteiger partial charge in [0.25, 0.3) is 10.0 Å². The zero-order chi connectivity index (χ0) is 30.4. The number of nitrogens with one attached hydrogen (secondary N) is 1. The first-order valence-electron chi connectivity index (χ1n) is 14.4. The van der Waals surface area contributed by atoms with Gasteiger partial charge in [0.05, 0.1) is 17.7 Å². The molecule has 42 heavy (non-hydrogen) atoms. The van der Waals surface area contributed by atoms with Crippen molar-refractivity contribution < 1.29 is 22.7 Å². The Morgan fingerprint density at radius 1 is 0.952 bits per heavy atom. The standard InChI is InChI=1S/C33H41N3O5S/c1-23-13-17-31(18-14-23)42(39,40)36(29-16-15-24(2)25(3)19-29)22-32(37)35(21-27-9-8-12-30(20-27)41-5)26(4)33(38)34-28-10-6-7-11-28/h8-9,12-20,26,28H,6-7,10-11,21-22H2,1-5H3,(H,34,38)/t26-/m0/s1. The molecule has 0 bridgehead atoms. The summed E-state index contributed by atoms with van der Waals surface area (Å²) < 4.78 is 34.6. The second kappa shape index (κ2) is 13.4. The average Bonchev–Trinajstić information content (AvgIpc) is 3.49. The SMILES string of the molecule is COc1cccc(CN(C(=O)CN(c2ccc(C)c(C)c2)S(=O)(=O)c2ccc(C)cc2)[C@@H](C)C(=O)NC2CCCC2)c1. The van der Waals surface area contributed by atoms with Gasteiger partial charge in [-0.05, 0) is 93.6 Å². The van der Waals surface area contributed by atoms with Gasteiger partial charge >= 0.3 is 0 Å². The second-order valence-corrected chi connectivity index (χ2v) is 13.0. The van der Waals surface area contributed by atoms with E-state index in [4.69, 9.17) is 4.74 Å². The summed E-state index contributed by atoms with van der Waals surface area (Å²) in [7, 11) is -2.55.